The Hall–Kier alpha value is -2.89. The van der Waals surface area contributed by atoms with E-state index in [0.29, 0.717) is 17.8 Å². The van der Waals surface area contributed by atoms with Gasteiger partial charge in [0.25, 0.3) is 5.91 Å². The normalized spacial score (nSPS) is 10.9. The Morgan fingerprint density at radius 1 is 1.23 bits per heavy atom. The largest absolute Gasteiger partial charge is 0.375 e. The van der Waals surface area contributed by atoms with E-state index in [2.05, 4.69) is 14.9 Å². The number of carbonyl (C=O) groups is 1. The lowest BCUT2D eigenvalue weighted by atomic mass is 10.1. The van der Waals surface area contributed by atoms with Crippen molar-refractivity contribution in [2.45, 2.75) is 19.9 Å². The summed E-state index contributed by atoms with van der Waals surface area (Å²) in [5, 5.41) is 2.85. The summed E-state index contributed by atoms with van der Waals surface area (Å²) in [4.78, 5) is 18.4. The lowest BCUT2D eigenvalue weighted by molar-refractivity contribution is 0.0952. The summed E-state index contributed by atoms with van der Waals surface area (Å²) in [5.41, 5.74) is 2.87. The van der Waals surface area contributed by atoms with Gasteiger partial charge in [0.05, 0.1) is 16.7 Å². The van der Waals surface area contributed by atoms with Crippen LogP contribution in [0.15, 0.2) is 42.5 Å². The molecule has 136 valence electrons. The lowest BCUT2D eigenvalue weighted by Gasteiger charge is -2.14. The molecule has 1 aromatic heterocycles. The number of nitrogens with zero attached hydrogens (tertiary/aromatic N) is 3. The maximum atomic E-state index is 14.0. The number of nitrogens with one attached hydrogen (secondary N) is 1. The fourth-order valence-corrected chi connectivity index (χ4v) is 3.03. The van der Waals surface area contributed by atoms with Crippen LogP contribution in [0.1, 0.15) is 22.6 Å². The molecular weight excluding hydrogens is 331 g/mol. The highest BCUT2D eigenvalue weighted by molar-refractivity contribution is 5.94. The molecule has 0 aliphatic rings. The molecule has 0 atom stereocenters. The first-order valence-electron chi connectivity index (χ1n) is 8.64. The van der Waals surface area contributed by atoms with Gasteiger partial charge in [-0.2, -0.15) is 0 Å². The Balaban J connectivity index is 1.57. The topological polar surface area (TPSA) is 50.2 Å². The number of hydrogen-bond donors (Lipinski definition) is 1. The van der Waals surface area contributed by atoms with Crippen molar-refractivity contribution >= 4 is 22.6 Å². The van der Waals surface area contributed by atoms with Gasteiger partial charge in [-0.1, -0.05) is 12.1 Å². The minimum Gasteiger partial charge on any atom is -0.375 e. The molecule has 0 saturated heterocycles. The number of amides is 1. The predicted octanol–water partition coefficient (Wildman–Crippen LogP) is 3.37. The van der Waals surface area contributed by atoms with Crippen LogP contribution in [-0.4, -0.2) is 36.1 Å². The predicted molar refractivity (Wildman–Crippen MR) is 102 cm³/mol. The number of benzene rings is 2. The van der Waals surface area contributed by atoms with E-state index in [1.165, 1.54) is 6.07 Å². The van der Waals surface area contributed by atoms with Crippen LogP contribution < -0.4 is 10.2 Å². The molecule has 0 aliphatic heterocycles. The van der Waals surface area contributed by atoms with Crippen molar-refractivity contribution in [3.8, 4) is 0 Å². The van der Waals surface area contributed by atoms with E-state index in [9.17, 15) is 9.18 Å². The van der Waals surface area contributed by atoms with E-state index in [4.69, 9.17) is 0 Å². The first-order valence-corrected chi connectivity index (χ1v) is 8.64. The number of anilines is 1. The Morgan fingerprint density at radius 3 is 2.73 bits per heavy atom. The summed E-state index contributed by atoms with van der Waals surface area (Å²) in [5.74, 6) is 0.295. The average Bonchev–Trinajstić information content (AvgIpc) is 2.93. The maximum absolute atomic E-state index is 14.0. The van der Waals surface area contributed by atoms with Gasteiger partial charge in [0, 0.05) is 32.7 Å². The van der Waals surface area contributed by atoms with Gasteiger partial charge in [-0.3, -0.25) is 4.79 Å². The van der Waals surface area contributed by atoms with Crippen molar-refractivity contribution in [3.63, 3.8) is 0 Å². The van der Waals surface area contributed by atoms with Crippen LogP contribution in [0.3, 0.4) is 0 Å². The second-order valence-electron chi connectivity index (χ2n) is 6.47. The zero-order valence-electron chi connectivity index (χ0n) is 15.3. The van der Waals surface area contributed by atoms with Crippen LogP contribution in [0.5, 0.6) is 0 Å². The molecule has 0 radical (unpaired) electrons. The number of aryl methyl sites for hydroxylation is 2. The van der Waals surface area contributed by atoms with Crippen molar-refractivity contribution in [2.24, 2.45) is 0 Å². The standard InChI is InChI=1S/C20H23FN4O/c1-14-23-17-7-4-5-8-19(17)25(14)12-6-11-22-20(26)15-9-10-18(24(2)3)16(21)13-15/h4-5,7-10,13H,6,11-12H2,1-3H3,(H,22,26). The smallest absolute Gasteiger partial charge is 0.251 e. The molecule has 2 aromatic carbocycles. The van der Waals surface area contributed by atoms with Gasteiger partial charge in [-0.05, 0) is 43.7 Å². The number of aromatic nitrogens is 2. The van der Waals surface area contributed by atoms with E-state index in [1.807, 2.05) is 31.2 Å². The molecule has 5 nitrogen and oxygen atoms in total. The number of hydrogen-bond acceptors (Lipinski definition) is 3. The Morgan fingerprint density at radius 2 is 2.00 bits per heavy atom. The van der Waals surface area contributed by atoms with Gasteiger partial charge >= 0.3 is 0 Å². The second-order valence-corrected chi connectivity index (χ2v) is 6.47. The summed E-state index contributed by atoms with van der Waals surface area (Å²) in [6.45, 7) is 3.26. The molecular formula is C20H23FN4O. The number of para-hydroxylation sites is 2. The molecule has 1 amide bonds. The highest BCUT2D eigenvalue weighted by atomic mass is 19.1. The summed E-state index contributed by atoms with van der Waals surface area (Å²) < 4.78 is 16.1. The zero-order valence-corrected chi connectivity index (χ0v) is 15.3. The Bertz CT molecular complexity index is 933. The summed E-state index contributed by atoms with van der Waals surface area (Å²) >= 11 is 0. The monoisotopic (exact) mass is 354 g/mol. The van der Waals surface area contributed by atoms with Gasteiger partial charge in [0.1, 0.15) is 11.6 Å². The van der Waals surface area contributed by atoms with Gasteiger partial charge in [-0.15, -0.1) is 0 Å². The first kappa shape index (κ1) is 17.9. The molecule has 1 N–H and O–H groups in total. The SMILES string of the molecule is Cc1nc2ccccc2n1CCCNC(=O)c1ccc(N(C)C)c(F)c1. The van der Waals surface area contributed by atoms with Crippen molar-refractivity contribution in [1.82, 2.24) is 14.9 Å². The zero-order chi connectivity index (χ0) is 18.7. The number of fused-ring (bicyclic) bond motifs is 1. The average molecular weight is 354 g/mol. The van der Waals surface area contributed by atoms with Crippen LogP contribution in [-0.2, 0) is 6.54 Å². The summed E-state index contributed by atoms with van der Waals surface area (Å²) in [6.07, 6.45) is 0.769. The van der Waals surface area contributed by atoms with E-state index in [0.717, 1.165) is 29.8 Å². The fraction of sp³-hybridized carbons (Fsp3) is 0.300. The summed E-state index contributed by atoms with van der Waals surface area (Å²) in [7, 11) is 3.53. The van der Waals surface area contributed by atoms with E-state index in [1.54, 1.807) is 31.1 Å². The molecule has 6 heteroatoms. The second kappa shape index (κ2) is 7.56. The van der Waals surface area contributed by atoms with E-state index in [-0.39, 0.29) is 5.91 Å². The van der Waals surface area contributed by atoms with Crippen molar-refractivity contribution < 1.29 is 9.18 Å². The molecule has 3 rings (SSSR count). The number of imidazole rings is 1. The highest BCUT2D eigenvalue weighted by Gasteiger charge is 2.11. The molecule has 0 bridgehead atoms. The lowest BCUT2D eigenvalue weighted by Crippen LogP contribution is -2.25. The minimum absolute atomic E-state index is 0.263. The maximum Gasteiger partial charge on any atom is 0.251 e. The van der Waals surface area contributed by atoms with Crippen LogP contribution in [0.4, 0.5) is 10.1 Å². The van der Waals surface area contributed by atoms with E-state index >= 15 is 0 Å². The third-order valence-electron chi connectivity index (χ3n) is 4.38. The number of carbonyl (C=O) groups excluding carboxylic acids is 1. The van der Waals surface area contributed by atoms with Crippen LogP contribution in [0.2, 0.25) is 0 Å². The molecule has 0 saturated carbocycles. The third kappa shape index (κ3) is 3.69. The Labute approximate surface area is 152 Å². The quantitative estimate of drug-likeness (QED) is 0.691. The molecule has 0 unspecified atom stereocenters. The van der Waals surface area contributed by atoms with Gasteiger partial charge < -0.3 is 14.8 Å². The van der Waals surface area contributed by atoms with Crippen LogP contribution in [0, 0.1) is 12.7 Å². The van der Waals surface area contributed by atoms with Crippen LogP contribution >= 0.6 is 0 Å². The van der Waals surface area contributed by atoms with Crippen molar-refractivity contribution in [3.05, 3.63) is 59.7 Å². The van der Waals surface area contributed by atoms with Crippen molar-refractivity contribution in [2.75, 3.05) is 25.5 Å². The van der Waals surface area contributed by atoms with Gasteiger partial charge in [0.15, 0.2) is 0 Å². The molecule has 1 heterocycles. The van der Waals surface area contributed by atoms with E-state index < -0.39 is 5.82 Å². The Kier molecular flexibility index (Phi) is 5.21. The molecule has 0 aliphatic carbocycles. The van der Waals surface area contributed by atoms with Crippen molar-refractivity contribution in [1.29, 1.82) is 0 Å². The van der Waals surface area contributed by atoms with Gasteiger partial charge in [0.2, 0.25) is 0 Å². The third-order valence-corrected chi connectivity index (χ3v) is 4.38. The summed E-state index contributed by atoms with van der Waals surface area (Å²) in [6, 6.07) is 12.5. The van der Waals surface area contributed by atoms with Crippen LogP contribution in [0.25, 0.3) is 11.0 Å². The molecule has 0 spiro atoms. The first-order chi connectivity index (χ1) is 12.5. The number of halogens is 1. The molecule has 3 aromatic rings. The molecule has 26 heavy (non-hydrogen) atoms. The molecule has 0 fully saturated rings. The fourth-order valence-electron chi connectivity index (χ4n) is 3.03. The highest BCUT2D eigenvalue weighted by Crippen LogP contribution is 2.18. The van der Waals surface area contributed by atoms with Gasteiger partial charge in [-0.25, -0.2) is 9.37 Å². The number of rotatable bonds is 6. The minimum atomic E-state index is -0.400.